The number of nitrogens with one attached hydrogen (secondary N) is 2. The van der Waals surface area contributed by atoms with Crippen molar-refractivity contribution in [1.29, 1.82) is 0 Å². The molecule has 0 radical (unpaired) electrons. The second-order valence-electron chi connectivity index (χ2n) is 7.71. The van der Waals surface area contributed by atoms with Crippen LogP contribution >= 0.6 is 11.3 Å². The number of likely N-dealkylation sites (tertiary alicyclic amines) is 1. The Kier molecular flexibility index (Phi) is 6.35. The second kappa shape index (κ2) is 8.53. The van der Waals surface area contributed by atoms with Gasteiger partial charge in [0.1, 0.15) is 5.00 Å². The summed E-state index contributed by atoms with van der Waals surface area (Å²) in [7, 11) is 0. The highest BCUT2D eigenvalue weighted by Gasteiger charge is 2.32. The third-order valence-electron chi connectivity index (χ3n) is 5.73. The molecule has 0 bridgehead atoms. The highest BCUT2D eigenvalue weighted by molar-refractivity contribution is 7.17. The molecule has 1 aromatic rings. The van der Waals surface area contributed by atoms with Crippen molar-refractivity contribution in [3.63, 3.8) is 0 Å². The molecular formula is C20H31N2O3S+. The monoisotopic (exact) mass is 379 g/mol. The van der Waals surface area contributed by atoms with Crippen LogP contribution in [0, 0.1) is 5.92 Å². The van der Waals surface area contributed by atoms with Crippen molar-refractivity contribution >= 4 is 28.2 Å². The molecular weight excluding hydrogens is 348 g/mol. The molecule has 5 nitrogen and oxygen atoms in total. The molecule has 26 heavy (non-hydrogen) atoms. The number of esters is 1. The molecule has 0 saturated carbocycles. The zero-order valence-corrected chi connectivity index (χ0v) is 17.0. The zero-order chi connectivity index (χ0) is 18.7. The molecule has 2 atom stereocenters. The van der Waals surface area contributed by atoms with E-state index in [0.29, 0.717) is 23.1 Å². The third-order valence-corrected chi connectivity index (χ3v) is 6.90. The molecule has 2 heterocycles. The number of rotatable bonds is 5. The Balaban J connectivity index is 1.81. The quantitative estimate of drug-likeness (QED) is 0.773. The summed E-state index contributed by atoms with van der Waals surface area (Å²) in [6.07, 6.45) is 6.59. The van der Waals surface area contributed by atoms with E-state index in [0.717, 1.165) is 37.9 Å². The number of fused-ring (bicyclic) bond motifs is 1. The predicted molar refractivity (Wildman–Crippen MR) is 104 cm³/mol. The first kappa shape index (κ1) is 19.4. The van der Waals surface area contributed by atoms with Crippen molar-refractivity contribution in [2.45, 2.75) is 65.3 Å². The van der Waals surface area contributed by atoms with Crippen LogP contribution in [0.5, 0.6) is 0 Å². The Bertz CT molecular complexity index is 664. The van der Waals surface area contributed by atoms with Gasteiger partial charge in [-0.3, -0.25) is 4.79 Å². The van der Waals surface area contributed by atoms with Crippen molar-refractivity contribution in [3.05, 3.63) is 16.0 Å². The summed E-state index contributed by atoms with van der Waals surface area (Å²) in [5.74, 6) is 0.336. The number of piperidine rings is 1. The smallest absolute Gasteiger partial charge is 0.341 e. The van der Waals surface area contributed by atoms with Gasteiger partial charge in [-0.15, -0.1) is 11.3 Å². The zero-order valence-electron chi connectivity index (χ0n) is 16.2. The van der Waals surface area contributed by atoms with Gasteiger partial charge in [-0.05, 0) is 63.9 Å². The van der Waals surface area contributed by atoms with Crippen molar-refractivity contribution in [3.8, 4) is 0 Å². The van der Waals surface area contributed by atoms with Crippen LogP contribution in [-0.2, 0) is 22.4 Å². The maximum atomic E-state index is 12.8. The molecule has 1 saturated heterocycles. The minimum atomic E-state index is -0.298. The van der Waals surface area contributed by atoms with Gasteiger partial charge in [-0.2, -0.15) is 0 Å². The SMILES string of the molecule is CCOC(=O)c1c(NC(=O)[C@H](C)[NH+]2CCCCC2)sc2c1CC[C@H](C)C2. The number of anilines is 1. The first-order valence-electron chi connectivity index (χ1n) is 9.98. The van der Waals surface area contributed by atoms with Crippen LogP contribution in [0.25, 0.3) is 0 Å². The molecule has 6 heteroatoms. The van der Waals surface area contributed by atoms with Gasteiger partial charge in [-0.1, -0.05) is 6.92 Å². The van der Waals surface area contributed by atoms with Crippen molar-refractivity contribution in [1.82, 2.24) is 0 Å². The number of ether oxygens (including phenoxy) is 1. The molecule has 0 aromatic carbocycles. The first-order chi connectivity index (χ1) is 12.5. The molecule has 1 fully saturated rings. The minimum Gasteiger partial charge on any atom is -0.462 e. The van der Waals surface area contributed by atoms with Crippen LogP contribution in [-0.4, -0.2) is 37.6 Å². The van der Waals surface area contributed by atoms with Gasteiger partial charge in [0.05, 0.1) is 25.3 Å². The number of hydrogen-bond acceptors (Lipinski definition) is 4. The Labute approximate surface area is 160 Å². The fourth-order valence-corrected chi connectivity index (χ4v) is 5.50. The lowest BCUT2D eigenvalue weighted by atomic mass is 9.88. The fraction of sp³-hybridized carbons (Fsp3) is 0.700. The Morgan fingerprint density at radius 1 is 1.31 bits per heavy atom. The first-order valence-corrected chi connectivity index (χ1v) is 10.8. The summed E-state index contributed by atoms with van der Waals surface area (Å²) in [6, 6.07) is -0.0941. The van der Waals surface area contributed by atoms with Gasteiger partial charge in [0.2, 0.25) is 0 Å². The standard InChI is InChI=1S/C20H30N2O3S/c1-4-25-20(24)17-15-9-8-13(2)12-16(15)26-19(17)21-18(23)14(3)22-10-6-5-7-11-22/h13-14H,4-12H2,1-3H3,(H,21,23)/p+1/t13-,14-/m0/s1. The molecule has 2 aliphatic rings. The molecule has 1 aliphatic carbocycles. The lowest BCUT2D eigenvalue weighted by molar-refractivity contribution is -0.918. The van der Waals surface area contributed by atoms with Gasteiger partial charge < -0.3 is 15.0 Å². The number of carbonyl (C=O) groups excluding carboxylic acids is 2. The summed E-state index contributed by atoms with van der Waals surface area (Å²) in [6.45, 7) is 8.51. The van der Waals surface area contributed by atoms with E-state index in [9.17, 15) is 9.59 Å². The van der Waals surface area contributed by atoms with Gasteiger partial charge in [-0.25, -0.2) is 4.79 Å². The number of amides is 1. The van der Waals surface area contributed by atoms with E-state index in [1.165, 1.54) is 29.0 Å². The highest BCUT2D eigenvalue weighted by Crippen LogP contribution is 2.40. The summed E-state index contributed by atoms with van der Waals surface area (Å²) < 4.78 is 5.29. The van der Waals surface area contributed by atoms with E-state index in [-0.39, 0.29) is 17.9 Å². The fourth-order valence-electron chi connectivity index (χ4n) is 4.10. The van der Waals surface area contributed by atoms with Gasteiger partial charge in [0, 0.05) is 4.88 Å². The topological polar surface area (TPSA) is 59.8 Å². The average Bonchev–Trinajstić information content (AvgIpc) is 2.98. The van der Waals surface area contributed by atoms with Gasteiger partial charge >= 0.3 is 5.97 Å². The Morgan fingerprint density at radius 3 is 2.73 bits per heavy atom. The molecule has 144 valence electrons. The van der Waals surface area contributed by atoms with Crippen LogP contribution in [0.2, 0.25) is 0 Å². The summed E-state index contributed by atoms with van der Waals surface area (Å²) in [5, 5.41) is 3.77. The molecule has 1 aliphatic heterocycles. The maximum absolute atomic E-state index is 12.8. The lowest BCUT2D eigenvalue weighted by Crippen LogP contribution is -3.17. The van der Waals surface area contributed by atoms with Crippen LogP contribution in [0.3, 0.4) is 0 Å². The highest BCUT2D eigenvalue weighted by atomic mass is 32.1. The van der Waals surface area contributed by atoms with Crippen molar-refractivity contribution < 1.29 is 19.2 Å². The van der Waals surface area contributed by atoms with E-state index in [4.69, 9.17) is 4.74 Å². The Hall–Kier alpha value is -1.40. The van der Waals surface area contributed by atoms with Crippen molar-refractivity contribution in [2.24, 2.45) is 5.92 Å². The summed E-state index contributed by atoms with van der Waals surface area (Å²) >= 11 is 1.57. The average molecular weight is 380 g/mol. The van der Waals surface area contributed by atoms with Crippen LogP contribution < -0.4 is 10.2 Å². The number of hydrogen-bond donors (Lipinski definition) is 2. The largest absolute Gasteiger partial charge is 0.462 e. The summed E-state index contributed by atoms with van der Waals surface area (Å²) in [5.41, 5.74) is 1.70. The van der Waals surface area contributed by atoms with E-state index < -0.39 is 0 Å². The molecule has 0 unspecified atom stereocenters. The Morgan fingerprint density at radius 2 is 2.04 bits per heavy atom. The van der Waals surface area contributed by atoms with Crippen LogP contribution in [0.1, 0.15) is 67.3 Å². The van der Waals surface area contributed by atoms with Crippen LogP contribution in [0.4, 0.5) is 5.00 Å². The van der Waals surface area contributed by atoms with Gasteiger partial charge in [0.15, 0.2) is 6.04 Å². The van der Waals surface area contributed by atoms with E-state index in [1.54, 1.807) is 11.3 Å². The van der Waals surface area contributed by atoms with E-state index in [2.05, 4.69) is 12.2 Å². The molecule has 1 amide bonds. The molecule has 1 aromatic heterocycles. The van der Waals surface area contributed by atoms with Gasteiger partial charge in [0.25, 0.3) is 5.91 Å². The lowest BCUT2D eigenvalue weighted by Gasteiger charge is -2.28. The summed E-state index contributed by atoms with van der Waals surface area (Å²) in [4.78, 5) is 28.0. The second-order valence-corrected chi connectivity index (χ2v) is 8.81. The maximum Gasteiger partial charge on any atom is 0.341 e. The normalized spacial score (nSPS) is 21.7. The van der Waals surface area contributed by atoms with Crippen LogP contribution in [0.15, 0.2) is 0 Å². The molecule has 3 rings (SSSR count). The number of carbonyl (C=O) groups is 2. The molecule has 0 spiro atoms. The molecule has 2 N–H and O–H groups in total. The minimum absolute atomic E-state index is 0.0130. The van der Waals surface area contributed by atoms with E-state index >= 15 is 0 Å². The third kappa shape index (κ3) is 4.12. The number of thiophene rings is 1. The number of quaternary nitrogens is 1. The van der Waals surface area contributed by atoms with Crippen molar-refractivity contribution in [2.75, 3.05) is 25.0 Å². The predicted octanol–water partition coefficient (Wildman–Crippen LogP) is 2.45. The van der Waals surface area contributed by atoms with E-state index in [1.807, 2.05) is 13.8 Å².